The molecule has 32 heavy (non-hydrogen) atoms. The van der Waals surface area contributed by atoms with E-state index in [1.165, 1.54) is 4.68 Å². The highest BCUT2D eigenvalue weighted by Gasteiger charge is 2.16. The van der Waals surface area contributed by atoms with E-state index in [-0.39, 0.29) is 5.56 Å². The van der Waals surface area contributed by atoms with Crippen molar-refractivity contribution < 1.29 is 14.3 Å². The number of hydrogen-bond donors (Lipinski definition) is 1. The van der Waals surface area contributed by atoms with Crippen molar-refractivity contribution >= 4 is 16.7 Å². The third-order valence-corrected chi connectivity index (χ3v) is 5.35. The lowest BCUT2D eigenvalue weighted by Crippen LogP contribution is -2.33. The maximum absolute atomic E-state index is 12.7. The van der Waals surface area contributed by atoms with Crippen LogP contribution in [-0.2, 0) is 22.5 Å². The van der Waals surface area contributed by atoms with Crippen LogP contribution < -0.4 is 16.0 Å². The number of nitrogens with two attached hydrogens (primary N) is 1. The Morgan fingerprint density at radius 3 is 2.53 bits per heavy atom. The van der Waals surface area contributed by atoms with Crippen molar-refractivity contribution in [1.82, 2.24) is 9.78 Å². The first kappa shape index (κ1) is 23.5. The van der Waals surface area contributed by atoms with Gasteiger partial charge in [0.25, 0.3) is 5.56 Å². The fraction of sp³-hybridized carbons (Fsp3) is 0.400. The van der Waals surface area contributed by atoms with Crippen molar-refractivity contribution in [3.8, 4) is 5.75 Å². The van der Waals surface area contributed by atoms with Crippen molar-refractivity contribution in [2.24, 2.45) is 5.73 Å². The number of carbonyl (C=O) groups excluding carboxylic acids is 1. The SMILES string of the molecule is CCCCOC(Cc1ccc(OCCn2nc(C)c3cc(C)ccc3c2=O)cc1)C(N)=O. The fourth-order valence-corrected chi connectivity index (χ4v) is 3.51. The van der Waals surface area contributed by atoms with Crippen molar-refractivity contribution in [1.29, 1.82) is 0 Å². The molecule has 0 aliphatic rings. The Hall–Kier alpha value is -3.19. The highest BCUT2D eigenvalue weighted by molar-refractivity contribution is 5.84. The molecule has 2 N–H and O–H groups in total. The minimum absolute atomic E-state index is 0.120. The van der Waals surface area contributed by atoms with E-state index < -0.39 is 12.0 Å². The third-order valence-electron chi connectivity index (χ3n) is 5.35. The minimum Gasteiger partial charge on any atom is -0.492 e. The number of unbranched alkanes of at least 4 members (excludes halogenated alkanes) is 1. The van der Waals surface area contributed by atoms with Crippen LogP contribution in [0, 0.1) is 13.8 Å². The second kappa shape index (κ2) is 10.9. The van der Waals surface area contributed by atoms with Gasteiger partial charge in [-0.3, -0.25) is 9.59 Å². The molecule has 7 nitrogen and oxygen atoms in total. The van der Waals surface area contributed by atoms with E-state index in [4.69, 9.17) is 15.2 Å². The normalized spacial score (nSPS) is 12.1. The molecule has 3 aromatic rings. The molecule has 2 aromatic carbocycles. The van der Waals surface area contributed by atoms with E-state index in [1.807, 2.05) is 56.3 Å². The molecule has 170 valence electrons. The fourth-order valence-electron chi connectivity index (χ4n) is 3.51. The first-order valence-electron chi connectivity index (χ1n) is 11.0. The van der Waals surface area contributed by atoms with Gasteiger partial charge in [0.1, 0.15) is 18.5 Å². The molecule has 1 aromatic heterocycles. The first-order valence-corrected chi connectivity index (χ1v) is 11.0. The number of rotatable bonds is 11. The number of nitrogens with zero attached hydrogens (tertiary/aromatic N) is 2. The lowest BCUT2D eigenvalue weighted by atomic mass is 10.1. The molecule has 1 amide bonds. The molecule has 0 spiro atoms. The summed E-state index contributed by atoms with van der Waals surface area (Å²) in [7, 11) is 0. The van der Waals surface area contributed by atoms with Crippen LogP contribution in [0.15, 0.2) is 47.3 Å². The van der Waals surface area contributed by atoms with E-state index in [1.54, 1.807) is 0 Å². The van der Waals surface area contributed by atoms with Crippen molar-refractivity contribution in [3.05, 3.63) is 69.6 Å². The quantitative estimate of drug-likeness (QED) is 0.464. The summed E-state index contributed by atoms with van der Waals surface area (Å²) in [5.74, 6) is 0.220. The van der Waals surface area contributed by atoms with Crippen LogP contribution in [0.25, 0.3) is 10.8 Å². The number of ether oxygens (including phenoxy) is 2. The number of carbonyl (C=O) groups is 1. The van der Waals surface area contributed by atoms with E-state index >= 15 is 0 Å². The number of aromatic nitrogens is 2. The van der Waals surface area contributed by atoms with Gasteiger partial charge >= 0.3 is 0 Å². The molecule has 1 atom stereocenters. The van der Waals surface area contributed by atoms with Gasteiger partial charge < -0.3 is 15.2 Å². The van der Waals surface area contributed by atoms with Crippen molar-refractivity contribution in [2.75, 3.05) is 13.2 Å². The molecule has 0 fully saturated rings. The number of amides is 1. The predicted octanol–water partition coefficient (Wildman–Crippen LogP) is 3.31. The topological polar surface area (TPSA) is 96.4 Å². The summed E-state index contributed by atoms with van der Waals surface area (Å²) < 4.78 is 12.9. The predicted molar refractivity (Wildman–Crippen MR) is 125 cm³/mol. The largest absolute Gasteiger partial charge is 0.492 e. The number of hydrogen-bond acceptors (Lipinski definition) is 5. The molecule has 0 radical (unpaired) electrons. The molecule has 0 aliphatic heterocycles. The van der Waals surface area contributed by atoms with Gasteiger partial charge in [-0.25, -0.2) is 4.68 Å². The van der Waals surface area contributed by atoms with Crippen LogP contribution in [-0.4, -0.2) is 35.0 Å². The van der Waals surface area contributed by atoms with Gasteiger partial charge in [0, 0.05) is 18.4 Å². The summed E-state index contributed by atoms with van der Waals surface area (Å²) in [6, 6.07) is 13.2. The average molecular weight is 438 g/mol. The van der Waals surface area contributed by atoms with Crippen LogP contribution >= 0.6 is 0 Å². The van der Waals surface area contributed by atoms with Crippen LogP contribution in [0.4, 0.5) is 0 Å². The Labute approximate surface area is 188 Å². The molecule has 1 heterocycles. The van der Waals surface area contributed by atoms with Crippen molar-refractivity contribution in [3.63, 3.8) is 0 Å². The Bertz CT molecular complexity index is 1120. The second-order valence-corrected chi connectivity index (χ2v) is 7.97. The lowest BCUT2D eigenvalue weighted by molar-refractivity contribution is -0.129. The van der Waals surface area contributed by atoms with E-state index in [0.717, 1.165) is 35.0 Å². The van der Waals surface area contributed by atoms with Gasteiger partial charge in [0.2, 0.25) is 5.91 Å². The monoisotopic (exact) mass is 437 g/mol. The van der Waals surface area contributed by atoms with E-state index in [2.05, 4.69) is 12.0 Å². The zero-order chi connectivity index (χ0) is 23.1. The number of aryl methyl sites for hydroxylation is 2. The van der Waals surface area contributed by atoms with Crippen LogP contribution in [0.5, 0.6) is 5.75 Å². The lowest BCUT2D eigenvalue weighted by Gasteiger charge is -2.15. The first-order chi connectivity index (χ1) is 15.4. The summed E-state index contributed by atoms with van der Waals surface area (Å²) in [6.45, 7) is 7.15. The van der Waals surface area contributed by atoms with Gasteiger partial charge in [0.15, 0.2) is 0 Å². The Kier molecular flexibility index (Phi) is 8.00. The summed E-state index contributed by atoms with van der Waals surface area (Å²) in [5, 5.41) is 5.98. The number of benzene rings is 2. The standard InChI is InChI=1S/C25H31N3O4/c1-4-5-13-32-23(24(26)29)16-19-7-9-20(10-8-19)31-14-12-28-25(30)21-11-6-17(2)15-22(21)18(3)27-28/h6-11,15,23H,4-5,12-14,16H2,1-3H3,(H2,26,29). The van der Waals surface area contributed by atoms with Gasteiger partial charge in [-0.15, -0.1) is 0 Å². The molecule has 1 unspecified atom stereocenters. The Morgan fingerprint density at radius 1 is 1.09 bits per heavy atom. The zero-order valence-electron chi connectivity index (χ0n) is 19.0. The highest BCUT2D eigenvalue weighted by Crippen LogP contribution is 2.16. The van der Waals surface area contributed by atoms with E-state index in [0.29, 0.717) is 37.3 Å². The van der Waals surface area contributed by atoms with Gasteiger partial charge in [-0.05, 0) is 50.1 Å². The molecule has 3 rings (SSSR count). The van der Waals surface area contributed by atoms with Gasteiger partial charge in [-0.2, -0.15) is 5.10 Å². The van der Waals surface area contributed by atoms with E-state index in [9.17, 15) is 9.59 Å². The molecular weight excluding hydrogens is 406 g/mol. The Balaban J connectivity index is 1.59. The maximum Gasteiger partial charge on any atom is 0.274 e. The van der Waals surface area contributed by atoms with Crippen LogP contribution in [0.3, 0.4) is 0 Å². The summed E-state index contributed by atoms with van der Waals surface area (Å²) >= 11 is 0. The van der Waals surface area contributed by atoms with Gasteiger partial charge in [0.05, 0.1) is 17.6 Å². The minimum atomic E-state index is -0.633. The molecule has 0 bridgehead atoms. The number of primary amides is 1. The Morgan fingerprint density at radius 2 is 1.84 bits per heavy atom. The van der Waals surface area contributed by atoms with Crippen LogP contribution in [0.1, 0.15) is 36.6 Å². The summed E-state index contributed by atoms with van der Waals surface area (Å²) in [5.41, 5.74) is 8.20. The molecule has 0 saturated heterocycles. The summed E-state index contributed by atoms with van der Waals surface area (Å²) in [6.07, 6.45) is 1.68. The molecule has 0 saturated carbocycles. The summed E-state index contributed by atoms with van der Waals surface area (Å²) in [4.78, 5) is 24.4. The molecule has 7 heteroatoms. The number of fused-ring (bicyclic) bond motifs is 1. The third kappa shape index (κ3) is 5.95. The smallest absolute Gasteiger partial charge is 0.274 e. The second-order valence-electron chi connectivity index (χ2n) is 7.97. The zero-order valence-corrected chi connectivity index (χ0v) is 19.0. The molecular formula is C25H31N3O4. The average Bonchev–Trinajstić information content (AvgIpc) is 2.77. The van der Waals surface area contributed by atoms with Gasteiger partial charge in [-0.1, -0.05) is 37.1 Å². The van der Waals surface area contributed by atoms with Crippen molar-refractivity contribution in [2.45, 2.75) is 52.7 Å². The molecule has 0 aliphatic carbocycles. The maximum atomic E-state index is 12.7. The highest BCUT2D eigenvalue weighted by atomic mass is 16.5. The van der Waals surface area contributed by atoms with Crippen LogP contribution in [0.2, 0.25) is 0 Å².